The largest absolute Gasteiger partial charge is 0.474 e. The molecule has 0 bridgehead atoms. The number of hydrogen-bond donors (Lipinski definition) is 0. The maximum Gasteiger partial charge on any atom is 0.352 e. The Morgan fingerprint density at radius 3 is 2.29 bits per heavy atom. The van der Waals surface area contributed by atoms with Gasteiger partial charge in [0.05, 0.1) is 6.61 Å². The van der Waals surface area contributed by atoms with Crippen LogP contribution >= 0.6 is 0 Å². The summed E-state index contributed by atoms with van der Waals surface area (Å²) in [5.74, 6) is -2.25. The van der Waals surface area contributed by atoms with Crippen LogP contribution in [0, 0.1) is 11.6 Å². The molecule has 0 aliphatic heterocycles. The maximum absolute atomic E-state index is 13.2. The van der Waals surface area contributed by atoms with Crippen molar-refractivity contribution < 1.29 is 23.0 Å². The predicted molar refractivity (Wildman–Crippen MR) is 72.8 cm³/mol. The van der Waals surface area contributed by atoms with Crippen LogP contribution in [0.4, 0.5) is 8.78 Å². The number of halogens is 2. The van der Waals surface area contributed by atoms with E-state index in [0.717, 1.165) is 18.2 Å². The molecule has 0 heterocycles. The third-order valence-electron chi connectivity index (χ3n) is 2.69. The normalized spacial score (nSPS) is 11.8. The molecule has 0 amide bonds. The molecule has 0 saturated carbocycles. The molecule has 2 rings (SSSR count). The molecule has 0 saturated heterocycles. The van der Waals surface area contributed by atoms with Crippen molar-refractivity contribution in [1.29, 1.82) is 0 Å². The number of benzene rings is 2. The first-order valence-electron chi connectivity index (χ1n) is 6.44. The molecule has 0 N–H and O–H groups in total. The summed E-state index contributed by atoms with van der Waals surface area (Å²) in [6, 6.07) is 11.4. The molecule has 2 aromatic carbocycles. The number of carbonyl (C=O) groups excluding carboxylic acids is 1. The maximum atomic E-state index is 13.2. The van der Waals surface area contributed by atoms with E-state index in [1.165, 1.54) is 0 Å². The van der Waals surface area contributed by atoms with E-state index in [1.54, 1.807) is 37.3 Å². The molecule has 0 spiro atoms. The summed E-state index contributed by atoms with van der Waals surface area (Å²) in [4.78, 5) is 12.0. The van der Waals surface area contributed by atoms with E-state index in [-0.39, 0.29) is 12.4 Å². The first-order chi connectivity index (χ1) is 10.1. The van der Waals surface area contributed by atoms with Crippen LogP contribution < -0.4 is 4.74 Å². The zero-order chi connectivity index (χ0) is 15.2. The SMILES string of the molecule is CCOC(=O)C(Oc1cc(F)cc(F)c1)c1ccccc1. The van der Waals surface area contributed by atoms with Crippen molar-refractivity contribution >= 4 is 5.97 Å². The lowest BCUT2D eigenvalue weighted by molar-refractivity contribution is -0.151. The van der Waals surface area contributed by atoms with Crippen LogP contribution in [0.5, 0.6) is 5.75 Å². The highest BCUT2D eigenvalue weighted by Crippen LogP contribution is 2.24. The second kappa shape index (κ2) is 6.83. The Morgan fingerprint density at radius 2 is 1.71 bits per heavy atom. The number of esters is 1. The van der Waals surface area contributed by atoms with Gasteiger partial charge < -0.3 is 9.47 Å². The van der Waals surface area contributed by atoms with Crippen LogP contribution in [0.25, 0.3) is 0 Å². The lowest BCUT2D eigenvalue weighted by Crippen LogP contribution is -2.21. The van der Waals surface area contributed by atoms with E-state index >= 15 is 0 Å². The lowest BCUT2D eigenvalue weighted by atomic mass is 10.1. The van der Waals surface area contributed by atoms with E-state index in [4.69, 9.17) is 9.47 Å². The fraction of sp³-hybridized carbons (Fsp3) is 0.188. The molecule has 0 radical (unpaired) electrons. The zero-order valence-corrected chi connectivity index (χ0v) is 11.4. The molecule has 5 heteroatoms. The van der Waals surface area contributed by atoms with Crippen LogP contribution in [0.2, 0.25) is 0 Å². The predicted octanol–water partition coefficient (Wildman–Crippen LogP) is 3.65. The first-order valence-corrected chi connectivity index (χ1v) is 6.44. The Hall–Kier alpha value is -2.43. The van der Waals surface area contributed by atoms with Crippen molar-refractivity contribution in [3.63, 3.8) is 0 Å². The zero-order valence-electron chi connectivity index (χ0n) is 11.4. The molecule has 1 unspecified atom stereocenters. The quantitative estimate of drug-likeness (QED) is 0.789. The van der Waals surface area contributed by atoms with Crippen molar-refractivity contribution in [3.05, 3.63) is 65.7 Å². The second-order valence-corrected chi connectivity index (χ2v) is 4.27. The van der Waals surface area contributed by atoms with Crippen molar-refractivity contribution in [2.24, 2.45) is 0 Å². The van der Waals surface area contributed by atoms with Crippen molar-refractivity contribution in [3.8, 4) is 5.75 Å². The standard InChI is InChI=1S/C16H14F2O3/c1-2-20-16(19)15(11-6-4-3-5-7-11)21-14-9-12(17)8-13(18)10-14/h3-10,15H,2H2,1H3. The smallest absolute Gasteiger partial charge is 0.352 e. The summed E-state index contributed by atoms with van der Waals surface area (Å²) in [7, 11) is 0. The van der Waals surface area contributed by atoms with Crippen LogP contribution in [0.15, 0.2) is 48.5 Å². The van der Waals surface area contributed by atoms with Gasteiger partial charge in [0.2, 0.25) is 6.10 Å². The fourth-order valence-electron chi connectivity index (χ4n) is 1.83. The van der Waals surface area contributed by atoms with Gasteiger partial charge >= 0.3 is 5.97 Å². The number of rotatable bonds is 5. The van der Waals surface area contributed by atoms with Crippen LogP contribution in [0.1, 0.15) is 18.6 Å². The van der Waals surface area contributed by atoms with Crippen LogP contribution in [-0.2, 0) is 9.53 Å². The summed E-state index contributed by atoms with van der Waals surface area (Å²) in [6.45, 7) is 1.85. The molecule has 0 aliphatic rings. The summed E-state index contributed by atoms with van der Waals surface area (Å²) in [5, 5.41) is 0. The Labute approximate surface area is 121 Å². The van der Waals surface area contributed by atoms with Gasteiger partial charge in [-0.1, -0.05) is 30.3 Å². The number of ether oxygens (including phenoxy) is 2. The number of carbonyl (C=O) groups is 1. The van der Waals surface area contributed by atoms with E-state index in [1.807, 2.05) is 0 Å². The second-order valence-electron chi connectivity index (χ2n) is 4.27. The molecule has 1 atom stereocenters. The average molecular weight is 292 g/mol. The molecule has 3 nitrogen and oxygen atoms in total. The van der Waals surface area contributed by atoms with Gasteiger partial charge in [-0.05, 0) is 6.92 Å². The summed E-state index contributed by atoms with van der Waals surface area (Å²) >= 11 is 0. The first kappa shape index (κ1) is 15.0. The number of hydrogen-bond acceptors (Lipinski definition) is 3. The minimum absolute atomic E-state index is 0.0746. The Kier molecular flexibility index (Phi) is 4.87. The van der Waals surface area contributed by atoms with E-state index in [0.29, 0.717) is 5.56 Å². The summed E-state index contributed by atoms with van der Waals surface area (Å²) in [6.07, 6.45) is -1.08. The highest BCUT2D eigenvalue weighted by molar-refractivity contribution is 5.77. The fourth-order valence-corrected chi connectivity index (χ4v) is 1.83. The third-order valence-corrected chi connectivity index (χ3v) is 2.69. The lowest BCUT2D eigenvalue weighted by Gasteiger charge is -2.18. The highest BCUT2D eigenvalue weighted by atomic mass is 19.1. The van der Waals surface area contributed by atoms with E-state index in [9.17, 15) is 13.6 Å². The van der Waals surface area contributed by atoms with Gasteiger partial charge in [-0.3, -0.25) is 0 Å². The summed E-state index contributed by atoms with van der Waals surface area (Å²) < 4.78 is 36.7. The Morgan fingerprint density at radius 1 is 1.10 bits per heavy atom. The monoisotopic (exact) mass is 292 g/mol. The van der Waals surface area contributed by atoms with Gasteiger partial charge in [0.15, 0.2) is 0 Å². The van der Waals surface area contributed by atoms with Crippen LogP contribution in [0.3, 0.4) is 0 Å². The van der Waals surface area contributed by atoms with E-state index in [2.05, 4.69) is 0 Å². The highest BCUT2D eigenvalue weighted by Gasteiger charge is 2.24. The third kappa shape index (κ3) is 4.02. The molecule has 0 fully saturated rings. The average Bonchev–Trinajstić information content (AvgIpc) is 2.45. The molecular formula is C16H14F2O3. The molecule has 2 aromatic rings. The van der Waals surface area contributed by atoms with Gasteiger partial charge in [-0.25, -0.2) is 13.6 Å². The Balaban J connectivity index is 2.29. The van der Waals surface area contributed by atoms with E-state index < -0.39 is 23.7 Å². The minimum Gasteiger partial charge on any atom is -0.474 e. The molecule has 110 valence electrons. The van der Waals surface area contributed by atoms with Crippen molar-refractivity contribution in [2.75, 3.05) is 6.61 Å². The van der Waals surface area contributed by atoms with Crippen LogP contribution in [-0.4, -0.2) is 12.6 Å². The topological polar surface area (TPSA) is 35.5 Å². The Bertz CT molecular complexity index is 594. The summed E-state index contributed by atoms with van der Waals surface area (Å²) in [5.41, 5.74) is 0.542. The van der Waals surface area contributed by atoms with Crippen molar-refractivity contribution in [1.82, 2.24) is 0 Å². The minimum atomic E-state index is -1.08. The van der Waals surface area contributed by atoms with Gasteiger partial charge in [-0.15, -0.1) is 0 Å². The molecule has 0 aromatic heterocycles. The molecule has 0 aliphatic carbocycles. The molecular weight excluding hydrogens is 278 g/mol. The van der Waals surface area contributed by atoms with Gasteiger partial charge in [0.1, 0.15) is 17.4 Å². The van der Waals surface area contributed by atoms with Gasteiger partial charge in [-0.2, -0.15) is 0 Å². The molecule has 21 heavy (non-hydrogen) atoms. The van der Waals surface area contributed by atoms with Gasteiger partial charge in [0.25, 0.3) is 0 Å². The van der Waals surface area contributed by atoms with Crippen molar-refractivity contribution in [2.45, 2.75) is 13.0 Å². The van der Waals surface area contributed by atoms with Gasteiger partial charge in [0, 0.05) is 23.8 Å².